The van der Waals surface area contributed by atoms with E-state index in [1.807, 2.05) is 54.6 Å². The number of allylic oxidation sites excluding steroid dienone is 1. The van der Waals surface area contributed by atoms with Crippen LogP contribution in [0.3, 0.4) is 0 Å². The maximum absolute atomic E-state index is 13.8. The number of thiazole rings is 1. The molecule has 0 radical (unpaired) electrons. The molecule has 5 rings (SSSR count). The second-order valence-corrected chi connectivity index (χ2v) is 9.70. The van der Waals surface area contributed by atoms with Crippen LogP contribution in [0.1, 0.15) is 31.0 Å². The number of hydrogen-bond acceptors (Lipinski definition) is 6. The first-order valence-electron chi connectivity index (χ1n) is 11.4. The lowest BCUT2D eigenvalue weighted by molar-refractivity contribution is -0.139. The van der Waals surface area contributed by atoms with Gasteiger partial charge in [-0.15, -0.1) is 0 Å². The third-order valence-electron chi connectivity index (χ3n) is 6.12. The number of nitrogens with zero attached hydrogens (tertiary/aromatic N) is 2. The van der Waals surface area contributed by atoms with Crippen molar-refractivity contribution in [3.63, 3.8) is 0 Å². The lowest BCUT2D eigenvalue weighted by Crippen LogP contribution is -2.40. The van der Waals surface area contributed by atoms with E-state index in [-0.39, 0.29) is 12.2 Å². The zero-order chi connectivity index (χ0) is 25.4. The average molecular weight is 519 g/mol. The van der Waals surface area contributed by atoms with Crippen LogP contribution >= 0.6 is 22.9 Å². The fourth-order valence-corrected chi connectivity index (χ4v) is 5.68. The van der Waals surface area contributed by atoms with Crippen molar-refractivity contribution >= 4 is 45.8 Å². The number of ether oxygens (including phenoxy) is 2. The Morgan fingerprint density at radius 1 is 1.11 bits per heavy atom. The van der Waals surface area contributed by atoms with E-state index in [1.165, 1.54) is 11.3 Å². The van der Waals surface area contributed by atoms with E-state index in [2.05, 4.69) is 4.99 Å². The van der Waals surface area contributed by atoms with Crippen molar-refractivity contribution in [2.45, 2.75) is 19.9 Å². The SMILES string of the molecule is CCOC(=O)C1=C(C)N=c2s/c(=C/c3ccc(Cl)cc3)c(=O)n2[C@@H]1c1ccc(OC)c2ccccc12. The van der Waals surface area contributed by atoms with E-state index < -0.39 is 12.0 Å². The molecular weight excluding hydrogens is 496 g/mol. The van der Waals surface area contributed by atoms with Crippen LogP contribution in [0.15, 0.2) is 81.7 Å². The minimum Gasteiger partial charge on any atom is -0.496 e. The zero-order valence-electron chi connectivity index (χ0n) is 19.9. The highest BCUT2D eigenvalue weighted by molar-refractivity contribution is 7.07. The molecule has 4 aromatic rings. The maximum Gasteiger partial charge on any atom is 0.338 e. The third-order valence-corrected chi connectivity index (χ3v) is 7.35. The van der Waals surface area contributed by atoms with Gasteiger partial charge in [-0.1, -0.05) is 65.4 Å². The number of benzene rings is 3. The van der Waals surface area contributed by atoms with Crippen LogP contribution < -0.4 is 19.6 Å². The number of carbonyl (C=O) groups is 1. The monoisotopic (exact) mass is 518 g/mol. The second-order valence-electron chi connectivity index (χ2n) is 8.26. The molecule has 1 aliphatic rings. The smallest absolute Gasteiger partial charge is 0.338 e. The number of rotatable bonds is 5. The molecule has 0 amide bonds. The van der Waals surface area contributed by atoms with Gasteiger partial charge in [-0.2, -0.15) is 0 Å². The molecule has 2 heterocycles. The summed E-state index contributed by atoms with van der Waals surface area (Å²) in [5, 5.41) is 2.39. The molecule has 0 fully saturated rings. The summed E-state index contributed by atoms with van der Waals surface area (Å²) < 4.78 is 13.1. The van der Waals surface area contributed by atoms with Crippen molar-refractivity contribution in [1.29, 1.82) is 0 Å². The molecule has 0 spiro atoms. The summed E-state index contributed by atoms with van der Waals surface area (Å²) in [6.07, 6.45) is 1.81. The van der Waals surface area contributed by atoms with Crippen molar-refractivity contribution in [3.05, 3.63) is 108 Å². The average Bonchev–Trinajstić information content (AvgIpc) is 3.18. The molecular formula is C28H23ClN2O4S. The highest BCUT2D eigenvalue weighted by atomic mass is 35.5. The summed E-state index contributed by atoms with van der Waals surface area (Å²) in [6, 6.07) is 18.1. The van der Waals surface area contributed by atoms with Gasteiger partial charge in [0.2, 0.25) is 0 Å². The Kier molecular flexibility index (Phi) is 6.51. The van der Waals surface area contributed by atoms with Gasteiger partial charge >= 0.3 is 5.97 Å². The lowest BCUT2D eigenvalue weighted by atomic mass is 9.91. The summed E-state index contributed by atoms with van der Waals surface area (Å²) in [6.45, 7) is 3.75. The number of esters is 1. The Morgan fingerprint density at radius 2 is 1.83 bits per heavy atom. The summed E-state index contributed by atoms with van der Waals surface area (Å²) in [4.78, 5) is 32.2. The molecule has 3 aromatic carbocycles. The van der Waals surface area contributed by atoms with Crippen LogP contribution in [0, 0.1) is 0 Å². The van der Waals surface area contributed by atoms with Crippen LogP contribution in [-0.4, -0.2) is 24.3 Å². The van der Waals surface area contributed by atoms with E-state index >= 15 is 0 Å². The van der Waals surface area contributed by atoms with E-state index in [1.54, 1.807) is 37.7 Å². The van der Waals surface area contributed by atoms with Crippen molar-refractivity contribution in [2.75, 3.05) is 13.7 Å². The highest BCUT2D eigenvalue weighted by Gasteiger charge is 2.34. The van der Waals surface area contributed by atoms with Gasteiger partial charge in [-0.25, -0.2) is 9.79 Å². The van der Waals surface area contributed by atoms with Crippen molar-refractivity contribution in [3.8, 4) is 5.75 Å². The predicted molar refractivity (Wildman–Crippen MR) is 142 cm³/mol. The number of carbonyl (C=O) groups excluding carboxylic acids is 1. The Labute approximate surface area is 216 Å². The van der Waals surface area contributed by atoms with Crippen molar-refractivity contribution < 1.29 is 14.3 Å². The van der Waals surface area contributed by atoms with Crippen LogP contribution in [0.2, 0.25) is 5.02 Å². The van der Waals surface area contributed by atoms with Crippen LogP contribution in [0.25, 0.3) is 16.8 Å². The Hall–Kier alpha value is -3.68. The first kappa shape index (κ1) is 24.0. The van der Waals surface area contributed by atoms with Crippen LogP contribution in [-0.2, 0) is 9.53 Å². The molecule has 1 aliphatic heterocycles. The summed E-state index contributed by atoms with van der Waals surface area (Å²) in [7, 11) is 1.62. The molecule has 0 unspecified atom stereocenters. The summed E-state index contributed by atoms with van der Waals surface area (Å²) in [5.74, 6) is 0.221. The topological polar surface area (TPSA) is 69.9 Å². The van der Waals surface area contributed by atoms with Crippen molar-refractivity contribution in [1.82, 2.24) is 4.57 Å². The maximum atomic E-state index is 13.8. The molecule has 1 atom stereocenters. The first-order valence-corrected chi connectivity index (χ1v) is 12.6. The largest absolute Gasteiger partial charge is 0.496 e. The normalized spacial score (nSPS) is 15.6. The van der Waals surface area contributed by atoms with Gasteiger partial charge in [0, 0.05) is 10.4 Å². The molecule has 0 saturated heterocycles. The number of methoxy groups -OCH3 is 1. The molecule has 0 bridgehead atoms. The van der Waals surface area contributed by atoms with E-state index in [0.29, 0.717) is 31.4 Å². The Morgan fingerprint density at radius 3 is 2.53 bits per heavy atom. The Balaban J connectivity index is 1.81. The quantitative estimate of drug-likeness (QED) is 0.362. The van der Waals surface area contributed by atoms with Gasteiger partial charge in [0.25, 0.3) is 5.56 Å². The third kappa shape index (κ3) is 4.14. The van der Waals surface area contributed by atoms with E-state index in [9.17, 15) is 9.59 Å². The molecule has 8 heteroatoms. The van der Waals surface area contributed by atoms with Gasteiger partial charge in [0.1, 0.15) is 5.75 Å². The standard InChI is InChI=1S/C28H23ClN2O4S/c1-4-35-27(33)24-16(2)30-28-31(26(32)23(36-28)15-17-9-11-18(29)12-10-17)25(24)21-13-14-22(34-3)20-8-6-5-7-19(20)21/h5-15,25H,4H2,1-3H3/b23-15+/t25-/m1/s1. The molecule has 0 saturated carbocycles. The van der Waals surface area contributed by atoms with Gasteiger partial charge < -0.3 is 9.47 Å². The van der Waals surface area contributed by atoms with E-state index in [4.69, 9.17) is 21.1 Å². The molecule has 182 valence electrons. The minimum absolute atomic E-state index is 0.215. The zero-order valence-corrected chi connectivity index (χ0v) is 21.5. The first-order chi connectivity index (χ1) is 17.4. The fourth-order valence-electron chi connectivity index (χ4n) is 4.51. The summed E-state index contributed by atoms with van der Waals surface area (Å²) in [5.41, 5.74) is 2.28. The Bertz CT molecular complexity index is 1700. The highest BCUT2D eigenvalue weighted by Crippen LogP contribution is 2.37. The minimum atomic E-state index is -0.705. The number of hydrogen-bond donors (Lipinski definition) is 0. The van der Waals surface area contributed by atoms with Gasteiger partial charge in [0.05, 0.1) is 35.6 Å². The predicted octanol–water partition coefficient (Wildman–Crippen LogP) is 4.61. The van der Waals surface area contributed by atoms with Crippen molar-refractivity contribution in [2.24, 2.45) is 4.99 Å². The fraction of sp³-hybridized carbons (Fsp3) is 0.179. The molecule has 0 aliphatic carbocycles. The number of halogens is 1. The number of aromatic nitrogens is 1. The van der Waals surface area contributed by atoms with Crippen LogP contribution in [0.4, 0.5) is 0 Å². The molecule has 36 heavy (non-hydrogen) atoms. The van der Waals surface area contributed by atoms with Gasteiger partial charge in [-0.05, 0) is 54.6 Å². The van der Waals surface area contributed by atoms with Crippen LogP contribution in [0.5, 0.6) is 5.75 Å². The summed E-state index contributed by atoms with van der Waals surface area (Å²) >= 11 is 7.31. The number of fused-ring (bicyclic) bond motifs is 2. The molecule has 6 nitrogen and oxygen atoms in total. The van der Waals surface area contributed by atoms with E-state index in [0.717, 1.165) is 21.9 Å². The van der Waals surface area contributed by atoms with Gasteiger partial charge in [-0.3, -0.25) is 9.36 Å². The molecule has 1 aromatic heterocycles. The molecule has 0 N–H and O–H groups in total. The van der Waals surface area contributed by atoms with Gasteiger partial charge in [0.15, 0.2) is 4.80 Å². The lowest BCUT2D eigenvalue weighted by Gasteiger charge is -2.26. The second kappa shape index (κ2) is 9.76.